The predicted molar refractivity (Wildman–Crippen MR) is 83.8 cm³/mol. The van der Waals surface area contributed by atoms with Crippen molar-refractivity contribution in [3.05, 3.63) is 47.9 Å². The first-order valence-corrected chi connectivity index (χ1v) is 7.83. The van der Waals surface area contributed by atoms with Crippen molar-refractivity contribution in [1.82, 2.24) is 25.1 Å². The first kappa shape index (κ1) is 15.3. The Kier molecular flexibility index (Phi) is 4.47. The topological polar surface area (TPSA) is 71.8 Å². The second-order valence-electron chi connectivity index (χ2n) is 4.47. The van der Waals surface area contributed by atoms with Crippen LogP contribution < -0.4 is 0 Å². The third-order valence-corrected chi connectivity index (χ3v) is 3.68. The van der Waals surface area contributed by atoms with E-state index in [1.807, 2.05) is 30.3 Å². The lowest BCUT2D eigenvalue weighted by Crippen LogP contribution is -2.00. The number of nitrogens with one attached hydrogen (secondary N) is 1. The van der Waals surface area contributed by atoms with Gasteiger partial charge in [0.15, 0.2) is 0 Å². The van der Waals surface area contributed by atoms with Crippen molar-refractivity contribution in [2.45, 2.75) is 11.6 Å². The molecule has 23 heavy (non-hydrogen) atoms. The maximum atomic E-state index is 13.0. The molecule has 0 fully saturated rings. The molecule has 0 aliphatic rings. The van der Waals surface area contributed by atoms with Gasteiger partial charge in [0, 0.05) is 11.1 Å². The van der Waals surface area contributed by atoms with Crippen LogP contribution in [0.15, 0.2) is 46.8 Å². The monoisotopic (exact) mass is 334 g/mol. The van der Waals surface area contributed by atoms with Crippen LogP contribution in [-0.2, 0) is 0 Å². The average Bonchev–Trinajstić information content (AvgIpc) is 3.20. The summed E-state index contributed by atoms with van der Waals surface area (Å²) >= 11 is 1.19. The number of H-pyrrole nitrogens is 1. The fourth-order valence-corrected chi connectivity index (χ4v) is 2.43. The van der Waals surface area contributed by atoms with Gasteiger partial charge in [-0.2, -0.15) is 14.9 Å². The number of thioether (sulfide) groups is 1. The number of halogens is 2. The van der Waals surface area contributed by atoms with Gasteiger partial charge >= 0.3 is 0 Å². The zero-order valence-corrected chi connectivity index (χ0v) is 12.8. The number of rotatable bonds is 5. The lowest BCUT2D eigenvalue weighted by molar-refractivity contribution is 0.135. The molecule has 3 rings (SSSR count). The molecule has 1 aromatic carbocycles. The summed E-state index contributed by atoms with van der Waals surface area (Å²) in [5, 5.41) is 18.4. The normalized spacial score (nSPS) is 11.7. The maximum Gasteiger partial charge on any atom is 0.299 e. The second kappa shape index (κ2) is 6.69. The Morgan fingerprint density at radius 1 is 1.26 bits per heavy atom. The van der Waals surface area contributed by atoms with Gasteiger partial charge in [0.25, 0.3) is 6.43 Å². The molecule has 0 atom stereocenters. The summed E-state index contributed by atoms with van der Waals surface area (Å²) in [5.74, 6) is -0.490. The van der Waals surface area contributed by atoms with Gasteiger partial charge in [-0.1, -0.05) is 42.1 Å². The fourth-order valence-electron chi connectivity index (χ4n) is 2.00. The van der Waals surface area contributed by atoms with Crippen LogP contribution in [0.2, 0.25) is 0 Å². The number of hydrogen-bond donors (Lipinski definition) is 1. The first-order chi connectivity index (χ1) is 11.2. The summed E-state index contributed by atoms with van der Waals surface area (Å²) in [6, 6.07) is 9.54. The van der Waals surface area contributed by atoms with Gasteiger partial charge in [-0.05, 0) is 6.26 Å². The van der Waals surface area contributed by atoms with E-state index in [4.69, 9.17) is 0 Å². The highest BCUT2D eigenvalue weighted by atomic mass is 32.2. The zero-order chi connectivity index (χ0) is 16.2. The Morgan fingerprint density at radius 2 is 2.04 bits per heavy atom. The number of nitrogens with zero attached hydrogens (tertiary/aromatic N) is 5. The van der Waals surface area contributed by atoms with Crippen LogP contribution in [0.1, 0.15) is 17.8 Å². The summed E-state index contributed by atoms with van der Waals surface area (Å²) in [6.07, 6.45) is 2.01. The standard InChI is InChI=1S/C14H12F2N6S/c1-23-14-21-20-13(12(15)16)22(14)18-8-10-7-17-19-11(10)9-5-3-2-4-6-9/h2-8,12H,1H3,(H,17,19)/b18-8-. The molecule has 9 heteroatoms. The van der Waals surface area contributed by atoms with E-state index in [9.17, 15) is 8.78 Å². The molecule has 0 bridgehead atoms. The van der Waals surface area contributed by atoms with E-state index in [1.54, 1.807) is 12.5 Å². The van der Waals surface area contributed by atoms with Crippen LogP contribution in [0.25, 0.3) is 11.3 Å². The lowest BCUT2D eigenvalue weighted by Gasteiger charge is -2.02. The molecule has 0 radical (unpaired) electrons. The summed E-state index contributed by atoms with van der Waals surface area (Å²) in [7, 11) is 0. The molecule has 3 aromatic rings. The summed E-state index contributed by atoms with van der Waals surface area (Å²) in [6.45, 7) is 0. The average molecular weight is 334 g/mol. The highest BCUT2D eigenvalue weighted by Crippen LogP contribution is 2.23. The van der Waals surface area contributed by atoms with Crippen molar-refractivity contribution in [1.29, 1.82) is 0 Å². The Hall–Kier alpha value is -2.55. The van der Waals surface area contributed by atoms with E-state index < -0.39 is 12.2 Å². The van der Waals surface area contributed by atoms with Crippen LogP contribution in [-0.4, -0.2) is 37.5 Å². The van der Waals surface area contributed by atoms with E-state index in [2.05, 4.69) is 25.5 Å². The molecular formula is C14H12F2N6S. The minimum atomic E-state index is -2.75. The molecule has 0 unspecified atom stereocenters. The van der Waals surface area contributed by atoms with Gasteiger partial charge in [0.05, 0.1) is 18.1 Å². The van der Waals surface area contributed by atoms with Crippen molar-refractivity contribution in [3.8, 4) is 11.3 Å². The van der Waals surface area contributed by atoms with Crippen LogP contribution in [0.5, 0.6) is 0 Å². The molecule has 2 aromatic heterocycles. The Bertz CT molecular complexity index is 812. The maximum absolute atomic E-state index is 13.0. The summed E-state index contributed by atoms with van der Waals surface area (Å²) < 4.78 is 27.0. The molecule has 0 aliphatic heterocycles. The zero-order valence-electron chi connectivity index (χ0n) is 12.0. The SMILES string of the molecule is CSc1nnc(C(F)F)n1/N=C\c1cn[nH]c1-c1ccccc1. The minimum absolute atomic E-state index is 0.293. The number of aromatic nitrogens is 5. The van der Waals surface area contributed by atoms with Crippen molar-refractivity contribution in [2.24, 2.45) is 5.10 Å². The molecule has 2 heterocycles. The number of aromatic amines is 1. The van der Waals surface area contributed by atoms with Gasteiger partial charge < -0.3 is 0 Å². The van der Waals surface area contributed by atoms with Gasteiger partial charge in [-0.15, -0.1) is 10.2 Å². The van der Waals surface area contributed by atoms with Gasteiger partial charge in [-0.25, -0.2) is 8.78 Å². The van der Waals surface area contributed by atoms with Crippen LogP contribution in [0, 0.1) is 0 Å². The first-order valence-electron chi connectivity index (χ1n) is 6.61. The van der Waals surface area contributed by atoms with E-state index in [1.165, 1.54) is 18.0 Å². The van der Waals surface area contributed by atoms with Crippen LogP contribution in [0.4, 0.5) is 8.78 Å². The molecule has 0 amide bonds. The Balaban J connectivity index is 1.96. The highest BCUT2D eigenvalue weighted by molar-refractivity contribution is 7.98. The van der Waals surface area contributed by atoms with E-state index in [0.717, 1.165) is 15.9 Å². The van der Waals surface area contributed by atoms with Crippen molar-refractivity contribution in [2.75, 3.05) is 6.26 Å². The van der Waals surface area contributed by atoms with Gasteiger partial charge in [0.1, 0.15) is 0 Å². The summed E-state index contributed by atoms with van der Waals surface area (Å²) in [5.41, 5.74) is 2.36. The van der Waals surface area contributed by atoms with Crippen LogP contribution in [0.3, 0.4) is 0 Å². The Labute approximate surface area is 134 Å². The lowest BCUT2D eigenvalue weighted by atomic mass is 10.1. The van der Waals surface area contributed by atoms with E-state index >= 15 is 0 Å². The second-order valence-corrected chi connectivity index (χ2v) is 5.24. The quantitative estimate of drug-likeness (QED) is 0.574. The fraction of sp³-hybridized carbons (Fsp3) is 0.143. The largest absolute Gasteiger partial charge is 0.299 e. The van der Waals surface area contributed by atoms with Crippen molar-refractivity contribution in [3.63, 3.8) is 0 Å². The molecule has 1 N–H and O–H groups in total. The number of hydrogen-bond acceptors (Lipinski definition) is 5. The number of benzene rings is 1. The minimum Gasteiger partial charge on any atom is -0.277 e. The van der Waals surface area contributed by atoms with E-state index in [0.29, 0.717) is 10.7 Å². The Morgan fingerprint density at radius 3 is 2.74 bits per heavy atom. The molecule has 0 spiro atoms. The predicted octanol–water partition coefficient (Wildman–Crippen LogP) is 3.21. The van der Waals surface area contributed by atoms with Crippen molar-refractivity contribution < 1.29 is 8.78 Å². The smallest absolute Gasteiger partial charge is 0.277 e. The molecule has 118 valence electrons. The molecular weight excluding hydrogens is 322 g/mol. The molecule has 0 saturated carbocycles. The third-order valence-electron chi connectivity index (χ3n) is 3.06. The number of alkyl halides is 2. The summed E-state index contributed by atoms with van der Waals surface area (Å²) in [4.78, 5) is 0. The molecule has 0 saturated heterocycles. The van der Waals surface area contributed by atoms with E-state index in [-0.39, 0.29) is 0 Å². The van der Waals surface area contributed by atoms with Gasteiger partial charge in [-0.3, -0.25) is 5.10 Å². The molecule has 0 aliphatic carbocycles. The van der Waals surface area contributed by atoms with Crippen molar-refractivity contribution >= 4 is 18.0 Å². The highest BCUT2D eigenvalue weighted by Gasteiger charge is 2.19. The van der Waals surface area contributed by atoms with Crippen LogP contribution >= 0.6 is 11.8 Å². The third kappa shape index (κ3) is 3.14. The molecule has 6 nitrogen and oxygen atoms in total. The van der Waals surface area contributed by atoms with Gasteiger partial charge in [0.2, 0.25) is 11.0 Å².